The van der Waals surface area contributed by atoms with Crippen molar-refractivity contribution >= 4 is 17.5 Å². The Morgan fingerprint density at radius 3 is 2.12 bits per heavy atom. The van der Waals surface area contributed by atoms with Gasteiger partial charge in [0.1, 0.15) is 11.4 Å². The maximum atomic E-state index is 12.4. The van der Waals surface area contributed by atoms with Crippen LogP contribution in [0.3, 0.4) is 0 Å². The summed E-state index contributed by atoms with van der Waals surface area (Å²) in [5.74, 6) is -0.173. The molecule has 1 aromatic heterocycles. The molecule has 1 aromatic carbocycles. The van der Waals surface area contributed by atoms with Gasteiger partial charge in [0.05, 0.1) is 0 Å². The zero-order valence-electron chi connectivity index (χ0n) is 15.2. The zero-order chi connectivity index (χ0) is 18.4. The summed E-state index contributed by atoms with van der Waals surface area (Å²) >= 11 is 0. The van der Waals surface area contributed by atoms with Gasteiger partial charge in [0, 0.05) is 11.7 Å². The third-order valence-corrected chi connectivity index (χ3v) is 4.04. The standard InChI is InChI=1S/C20H25N3O2/c1-5-14(4)21-19(24)17-7-6-8-18(23-17)20(25)22-16-11-9-15(10-12-16)13(2)3/h6-14H,5H2,1-4H3,(H,21,24)(H,22,25). The smallest absolute Gasteiger partial charge is 0.274 e. The highest BCUT2D eigenvalue weighted by Crippen LogP contribution is 2.17. The number of hydrogen-bond acceptors (Lipinski definition) is 3. The molecule has 25 heavy (non-hydrogen) atoms. The van der Waals surface area contributed by atoms with Crippen molar-refractivity contribution in [3.63, 3.8) is 0 Å². The van der Waals surface area contributed by atoms with Gasteiger partial charge in [-0.05, 0) is 49.1 Å². The van der Waals surface area contributed by atoms with Gasteiger partial charge in [-0.3, -0.25) is 9.59 Å². The molecule has 5 nitrogen and oxygen atoms in total. The van der Waals surface area contributed by atoms with Crippen LogP contribution in [0.4, 0.5) is 5.69 Å². The van der Waals surface area contributed by atoms with Gasteiger partial charge in [-0.2, -0.15) is 0 Å². The summed E-state index contributed by atoms with van der Waals surface area (Å²) < 4.78 is 0. The molecule has 2 amide bonds. The molecule has 0 aliphatic carbocycles. The van der Waals surface area contributed by atoms with Crippen LogP contribution in [0.25, 0.3) is 0 Å². The molecule has 0 saturated heterocycles. The maximum absolute atomic E-state index is 12.4. The van der Waals surface area contributed by atoms with E-state index in [1.807, 2.05) is 38.1 Å². The zero-order valence-corrected chi connectivity index (χ0v) is 15.2. The van der Waals surface area contributed by atoms with E-state index in [1.165, 1.54) is 5.56 Å². The van der Waals surface area contributed by atoms with E-state index in [0.717, 1.165) is 6.42 Å². The molecule has 132 valence electrons. The van der Waals surface area contributed by atoms with Crippen molar-refractivity contribution in [2.24, 2.45) is 0 Å². The summed E-state index contributed by atoms with van der Waals surface area (Å²) in [6.07, 6.45) is 0.832. The van der Waals surface area contributed by atoms with Crippen molar-refractivity contribution in [2.45, 2.75) is 46.1 Å². The number of benzene rings is 1. The van der Waals surface area contributed by atoms with Crippen molar-refractivity contribution in [1.29, 1.82) is 0 Å². The van der Waals surface area contributed by atoms with E-state index >= 15 is 0 Å². The summed E-state index contributed by atoms with van der Waals surface area (Å²) in [5, 5.41) is 5.65. The molecule has 0 aliphatic rings. The average Bonchev–Trinajstić information content (AvgIpc) is 2.62. The van der Waals surface area contributed by atoms with E-state index in [1.54, 1.807) is 18.2 Å². The molecular formula is C20H25N3O2. The van der Waals surface area contributed by atoms with Gasteiger partial charge in [-0.25, -0.2) is 4.98 Å². The molecule has 2 N–H and O–H groups in total. The first-order valence-corrected chi connectivity index (χ1v) is 8.60. The van der Waals surface area contributed by atoms with Crippen LogP contribution >= 0.6 is 0 Å². The second kappa shape index (κ2) is 8.42. The molecule has 0 fully saturated rings. The van der Waals surface area contributed by atoms with Gasteiger partial charge in [-0.1, -0.05) is 39.0 Å². The monoisotopic (exact) mass is 339 g/mol. The van der Waals surface area contributed by atoms with Gasteiger partial charge < -0.3 is 10.6 Å². The van der Waals surface area contributed by atoms with Crippen molar-refractivity contribution in [3.8, 4) is 0 Å². The van der Waals surface area contributed by atoms with E-state index in [4.69, 9.17) is 0 Å². The largest absolute Gasteiger partial charge is 0.348 e. The van der Waals surface area contributed by atoms with Gasteiger partial charge >= 0.3 is 0 Å². The van der Waals surface area contributed by atoms with Crippen LogP contribution in [-0.4, -0.2) is 22.8 Å². The number of rotatable bonds is 6. The van der Waals surface area contributed by atoms with E-state index in [9.17, 15) is 9.59 Å². The van der Waals surface area contributed by atoms with E-state index in [0.29, 0.717) is 11.6 Å². The summed E-state index contributed by atoms with van der Waals surface area (Å²) in [6.45, 7) is 8.16. The topological polar surface area (TPSA) is 71.1 Å². The summed E-state index contributed by atoms with van der Waals surface area (Å²) in [4.78, 5) is 28.7. The molecule has 2 rings (SSSR count). The number of nitrogens with one attached hydrogen (secondary N) is 2. The second-order valence-corrected chi connectivity index (χ2v) is 6.42. The highest BCUT2D eigenvalue weighted by Gasteiger charge is 2.14. The molecule has 1 unspecified atom stereocenters. The van der Waals surface area contributed by atoms with Crippen LogP contribution in [0.15, 0.2) is 42.5 Å². The van der Waals surface area contributed by atoms with Gasteiger partial charge in [0.25, 0.3) is 11.8 Å². The fraction of sp³-hybridized carbons (Fsp3) is 0.350. The van der Waals surface area contributed by atoms with Crippen LogP contribution < -0.4 is 10.6 Å². The van der Waals surface area contributed by atoms with Crippen LogP contribution in [0.2, 0.25) is 0 Å². The number of carbonyl (C=O) groups excluding carboxylic acids is 2. The highest BCUT2D eigenvalue weighted by atomic mass is 16.2. The predicted molar refractivity (Wildman–Crippen MR) is 99.9 cm³/mol. The minimum atomic E-state index is -0.338. The molecule has 1 heterocycles. The Kier molecular flexibility index (Phi) is 6.28. The normalized spacial score (nSPS) is 11.9. The minimum Gasteiger partial charge on any atom is -0.348 e. The lowest BCUT2D eigenvalue weighted by molar-refractivity contribution is 0.0934. The first-order chi connectivity index (χ1) is 11.9. The summed E-state index contributed by atoms with van der Waals surface area (Å²) in [7, 11) is 0. The number of hydrogen-bond donors (Lipinski definition) is 2. The number of amides is 2. The Morgan fingerprint density at radius 2 is 1.56 bits per heavy atom. The first kappa shape index (κ1) is 18.6. The fourth-order valence-corrected chi connectivity index (χ4v) is 2.23. The Balaban J connectivity index is 2.09. The number of anilines is 1. The van der Waals surface area contributed by atoms with E-state index in [2.05, 4.69) is 29.5 Å². The van der Waals surface area contributed by atoms with Crippen molar-refractivity contribution in [3.05, 3.63) is 59.4 Å². The fourth-order valence-electron chi connectivity index (χ4n) is 2.23. The lowest BCUT2D eigenvalue weighted by Crippen LogP contribution is -2.32. The lowest BCUT2D eigenvalue weighted by Gasteiger charge is -2.11. The van der Waals surface area contributed by atoms with Gasteiger partial charge in [0.15, 0.2) is 0 Å². The molecule has 0 bridgehead atoms. The number of nitrogens with zero attached hydrogens (tertiary/aromatic N) is 1. The molecule has 0 aliphatic heterocycles. The summed E-state index contributed by atoms with van der Waals surface area (Å²) in [6, 6.07) is 12.6. The van der Waals surface area contributed by atoms with Crippen LogP contribution in [0.5, 0.6) is 0 Å². The van der Waals surface area contributed by atoms with Crippen LogP contribution in [0, 0.1) is 0 Å². The van der Waals surface area contributed by atoms with Gasteiger partial charge in [0.2, 0.25) is 0 Å². The third-order valence-electron chi connectivity index (χ3n) is 4.04. The molecule has 0 radical (unpaired) electrons. The Bertz CT molecular complexity index is 739. The number of pyridine rings is 1. The van der Waals surface area contributed by atoms with Crippen molar-refractivity contribution in [2.75, 3.05) is 5.32 Å². The molecular weight excluding hydrogens is 314 g/mol. The van der Waals surface area contributed by atoms with E-state index in [-0.39, 0.29) is 29.2 Å². The molecule has 0 spiro atoms. The first-order valence-electron chi connectivity index (χ1n) is 8.60. The van der Waals surface area contributed by atoms with E-state index < -0.39 is 0 Å². The Morgan fingerprint density at radius 1 is 0.960 bits per heavy atom. The van der Waals surface area contributed by atoms with Crippen LogP contribution in [0.1, 0.15) is 66.6 Å². The van der Waals surface area contributed by atoms with Crippen LogP contribution in [-0.2, 0) is 0 Å². The van der Waals surface area contributed by atoms with Gasteiger partial charge in [-0.15, -0.1) is 0 Å². The number of aromatic nitrogens is 1. The number of carbonyl (C=O) groups is 2. The Hall–Kier alpha value is -2.69. The molecule has 1 atom stereocenters. The molecule has 2 aromatic rings. The molecule has 5 heteroatoms. The quantitative estimate of drug-likeness (QED) is 0.836. The lowest BCUT2D eigenvalue weighted by atomic mass is 10.0. The predicted octanol–water partition coefficient (Wildman–Crippen LogP) is 3.99. The molecule has 0 saturated carbocycles. The third kappa shape index (κ3) is 5.14. The van der Waals surface area contributed by atoms with Crippen molar-refractivity contribution in [1.82, 2.24) is 10.3 Å². The Labute approximate surface area is 148 Å². The maximum Gasteiger partial charge on any atom is 0.274 e. The highest BCUT2D eigenvalue weighted by molar-refractivity contribution is 6.03. The second-order valence-electron chi connectivity index (χ2n) is 6.42. The average molecular weight is 339 g/mol. The van der Waals surface area contributed by atoms with Crippen molar-refractivity contribution < 1.29 is 9.59 Å². The minimum absolute atomic E-state index is 0.0613. The SMILES string of the molecule is CCC(C)NC(=O)c1cccc(C(=O)Nc2ccc(C(C)C)cc2)n1. The summed E-state index contributed by atoms with van der Waals surface area (Å²) in [5.41, 5.74) is 2.36.